The highest BCUT2D eigenvalue weighted by Crippen LogP contribution is 2.33. The van der Waals surface area contributed by atoms with Crippen LogP contribution in [0.15, 0.2) is 42.5 Å². The maximum absolute atomic E-state index is 12.7. The second-order valence-corrected chi connectivity index (χ2v) is 8.75. The van der Waals surface area contributed by atoms with Crippen LogP contribution in [0.5, 0.6) is 11.5 Å². The van der Waals surface area contributed by atoms with Crippen molar-refractivity contribution in [3.8, 4) is 11.5 Å². The van der Waals surface area contributed by atoms with Crippen molar-refractivity contribution in [2.24, 2.45) is 17.6 Å². The van der Waals surface area contributed by atoms with E-state index in [1.807, 2.05) is 31.2 Å². The average molecular weight is 438 g/mol. The van der Waals surface area contributed by atoms with Gasteiger partial charge in [0.1, 0.15) is 0 Å². The molecule has 4 N–H and O–H groups in total. The molecule has 2 amide bonds. The molecule has 1 aliphatic carbocycles. The Balaban J connectivity index is 1.29. The first-order valence-corrected chi connectivity index (χ1v) is 11.3. The molecule has 1 heterocycles. The van der Waals surface area contributed by atoms with Gasteiger partial charge in [-0.2, -0.15) is 0 Å². The van der Waals surface area contributed by atoms with E-state index in [4.69, 9.17) is 15.2 Å². The Labute approximate surface area is 188 Å². The van der Waals surface area contributed by atoms with Crippen molar-refractivity contribution < 1.29 is 19.1 Å². The van der Waals surface area contributed by atoms with E-state index in [0.29, 0.717) is 41.1 Å². The highest BCUT2D eigenvalue weighted by Gasteiger charge is 2.23. The Morgan fingerprint density at radius 2 is 1.81 bits per heavy atom. The molecule has 4 rings (SSSR count). The molecule has 0 spiro atoms. The summed E-state index contributed by atoms with van der Waals surface area (Å²) < 4.78 is 10.6. The molecule has 3 atom stereocenters. The van der Waals surface area contributed by atoms with Gasteiger partial charge in [-0.1, -0.05) is 18.6 Å². The van der Waals surface area contributed by atoms with Gasteiger partial charge in [0.2, 0.25) is 12.7 Å². The fourth-order valence-corrected chi connectivity index (χ4v) is 4.45. The summed E-state index contributed by atoms with van der Waals surface area (Å²) in [6, 6.07) is 12.5. The summed E-state index contributed by atoms with van der Waals surface area (Å²) in [5, 5.41) is 5.99. The highest BCUT2D eigenvalue weighted by molar-refractivity contribution is 6.04. The predicted octanol–water partition coefficient (Wildman–Crippen LogP) is 3.65. The minimum Gasteiger partial charge on any atom is -0.454 e. The first kappa shape index (κ1) is 22.1. The summed E-state index contributed by atoms with van der Waals surface area (Å²) in [5.41, 5.74) is 7.88. The van der Waals surface area contributed by atoms with Crippen molar-refractivity contribution in [2.45, 2.75) is 38.5 Å². The standard InChI is InChI=1S/C25H31N3O4/c1-16(24(29)27-14-18-4-2-3-17(11-18)13-26)19-5-8-21(9-6-19)28-25(30)20-7-10-22-23(12-20)32-15-31-22/h5-10,12,16-18H,2-4,11,13-15,26H2,1H3,(H,27,29)(H,28,30). The number of carbonyl (C=O) groups excluding carboxylic acids is 2. The fraction of sp³-hybridized carbons (Fsp3) is 0.440. The van der Waals surface area contributed by atoms with Crippen LogP contribution in [0, 0.1) is 11.8 Å². The van der Waals surface area contributed by atoms with Crippen molar-refractivity contribution >= 4 is 17.5 Å². The van der Waals surface area contributed by atoms with Gasteiger partial charge in [-0.05, 0) is 80.5 Å². The Hall–Kier alpha value is -3.06. The van der Waals surface area contributed by atoms with E-state index >= 15 is 0 Å². The molecule has 7 nitrogen and oxygen atoms in total. The van der Waals surface area contributed by atoms with Crippen LogP contribution in [-0.2, 0) is 4.79 Å². The van der Waals surface area contributed by atoms with Crippen LogP contribution in [0.4, 0.5) is 5.69 Å². The minimum absolute atomic E-state index is 0.0250. The topological polar surface area (TPSA) is 103 Å². The number of nitrogens with one attached hydrogen (secondary N) is 2. The van der Waals surface area contributed by atoms with Crippen molar-refractivity contribution in [3.05, 3.63) is 53.6 Å². The quantitative estimate of drug-likeness (QED) is 0.614. The smallest absolute Gasteiger partial charge is 0.255 e. The Bertz CT molecular complexity index is 960. The molecule has 2 aromatic carbocycles. The monoisotopic (exact) mass is 437 g/mol. The minimum atomic E-state index is -0.262. The van der Waals surface area contributed by atoms with Gasteiger partial charge in [-0.25, -0.2) is 0 Å². The molecular weight excluding hydrogens is 406 g/mol. The maximum atomic E-state index is 12.7. The number of anilines is 1. The molecule has 2 aromatic rings. The Morgan fingerprint density at radius 3 is 2.59 bits per heavy atom. The lowest BCUT2D eigenvalue weighted by atomic mass is 9.81. The van der Waals surface area contributed by atoms with E-state index in [1.165, 1.54) is 12.8 Å². The summed E-state index contributed by atoms with van der Waals surface area (Å²) in [6.07, 6.45) is 4.65. The van der Waals surface area contributed by atoms with Crippen molar-refractivity contribution in [2.75, 3.05) is 25.2 Å². The van der Waals surface area contributed by atoms with Gasteiger partial charge in [-0.3, -0.25) is 9.59 Å². The molecule has 1 fully saturated rings. The van der Waals surface area contributed by atoms with Gasteiger partial charge in [0, 0.05) is 17.8 Å². The zero-order chi connectivity index (χ0) is 22.5. The van der Waals surface area contributed by atoms with Gasteiger partial charge in [0.25, 0.3) is 5.91 Å². The molecule has 0 bridgehead atoms. The predicted molar refractivity (Wildman–Crippen MR) is 123 cm³/mol. The first-order chi connectivity index (χ1) is 15.5. The van der Waals surface area contributed by atoms with Crippen LogP contribution >= 0.6 is 0 Å². The fourth-order valence-electron chi connectivity index (χ4n) is 4.45. The molecular formula is C25H31N3O4. The van der Waals surface area contributed by atoms with E-state index in [9.17, 15) is 9.59 Å². The molecule has 170 valence electrons. The number of rotatable bonds is 7. The molecule has 0 saturated heterocycles. The van der Waals surface area contributed by atoms with Crippen LogP contribution in [0.2, 0.25) is 0 Å². The molecule has 7 heteroatoms. The number of nitrogens with two attached hydrogens (primary N) is 1. The van der Waals surface area contributed by atoms with E-state index in [-0.39, 0.29) is 24.5 Å². The van der Waals surface area contributed by atoms with Crippen LogP contribution in [0.1, 0.15) is 54.4 Å². The summed E-state index contributed by atoms with van der Waals surface area (Å²) in [6.45, 7) is 3.52. The summed E-state index contributed by atoms with van der Waals surface area (Å²) in [5.74, 6) is 1.84. The average Bonchev–Trinajstić information content (AvgIpc) is 3.30. The molecule has 32 heavy (non-hydrogen) atoms. The molecule has 0 aromatic heterocycles. The second-order valence-electron chi connectivity index (χ2n) is 8.75. The lowest BCUT2D eigenvalue weighted by molar-refractivity contribution is -0.122. The van der Waals surface area contributed by atoms with Crippen LogP contribution in [-0.4, -0.2) is 31.7 Å². The highest BCUT2D eigenvalue weighted by atomic mass is 16.7. The number of hydrogen-bond donors (Lipinski definition) is 3. The van der Waals surface area contributed by atoms with Crippen molar-refractivity contribution in [1.29, 1.82) is 0 Å². The van der Waals surface area contributed by atoms with Gasteiger partial charge >= 0.3 is 0 Å². The van der Waals surface area contributed by atoms with Crippen molar-refractivity contribution in [1.82, 2.24) is 5.32 Å². The normalized spacial score (nSPS) is 20.4. The van der Waals surface area contributed by atoms with Gasteiger partial charge in [-0.15, -0.1) is 0 Å². The zero-order valence-electron chi connectivity index (χ0n) is 18.4. The van der Waals surface area contributed by atoms with E-state index in [0.717, 1.165) is 24.9 Å². The Kier molecular flexibility index (Phi) is 6.95. The van der Waals surface area contributed by atoms with Crippen LogP contribution in [0.25, 0.3) is 0 Å². The van der Waals surface area contributed by atoms with E-state index in [2.05, 4.69) is 10.6 Å². The maximum Gasteiger partial charge on any atom is 0.255 e. The number of amides is 2. The summed E-state index contributed by atoms with van der Waals surface area (Å²) >= 11 is 0. The number of benzene rings is 2. The number of ether oxygens (including phenoxy) is 2. The molecule has 0 radical (unpaired) electrons. The Morgan fingerprint density at radius 1 is 1.06 bits per heavy atom. The van der Waals surface area contributed by atoms with Crippen molar-refractivity contribution in [3.63, 3.8) is 0 Å². The van der Waals surface area contributed by atoms with Gasteiger partial charge in [0.15, 0.2) is 11.5 Å². The third kappa shape index (κ3) is 5.22. The first-order valence-electron chi connectivity index (χ1n) is 11.3. The lowest BCUT2D eigenvalue weighted by Gasteiger charge is -2.28. The van der Waals surface area contributed by atoms with E-state index < -0.39 is 0 Å². The van der Waals surface area contributed by atoms with Crippen LogP contribution < -0.4 is 25.8 Å². The molecule has 1 saturated carbocycles. The summed E-state index contributed by atoms with van der Waals surface area (Å²) in [7, 11) is 0. The lowest BCUT2D eigenvalue weighted by Crippen LogP contribution is -2.35. The third-order valence-corrected chi connectivity index (χ3v) is 6.49. The molecule has 2 aliphatic rings. The third-order valence-electron chi connectivity index (χ3n) is 6.49. The molecule has 3 unspecified atom stereocenters. The molecule has 1 aliphatic heterocycles. The van der Waals surface area contributed by atoms with Gasteiger partial charge < -0.3 is 25.8 Å². The summed E-state index contributed by atoms with van der Waals surface area (Å²) in [4.78, 5) is 25.2. The zero-order valence-corrected chi connectivity index (χ0v) is 18.4. The largest absolute Gasteiger partial charge is 0.454 e. The second kappa shape index (κ2) is 10.0. The number of hydrogen-bond acceptors (Lipinski definition) is 5. The SMILES string of the molecule is CC(C(=O)NCC1CCCC(CN)C1)c1ccc(NC(=O)c2ccc3c(c2)OCO3)cc1. The van der Waals surface area contributed by atoms with Gasteiger partial charge in [0.05, 0.1) is 5.92 Å². The van der Waals surface area contributed by atoms with Crippen LogP contribution in [0.3, 0.4) is 0 Å². The van der Waals surface area contributed by atoms with E-state index in [1.54, 1.807) is 18.2 Å². The number of carbonyl (C=O) groups is 2. The number of fused-ring (bicyclic) bond motifs is 1.